The third kappa shape index (κ3) is 3.69. The summed E-state index contributed by atoms with van der Waals surface area (Å²) in [7, 11) is 0. The molecule has 0 saturated heterocycles. The lowest BCUT2D eigenvalue weighted by Gasteiger charge is -2.33. The monoisotopic (exact) mass is 402 g/mol. The smallest absolute Gasteiger partial charge is 0.243 e. The van der Waals surface area contributed by atoms with Crippen LogP contribution in [0.1, 0.15) is 11.3 Å². The summed E-state index contributed by atoms with van der Waals surface area (Å²) in [4.78, 5) is 18.3. The summed E-state index contributed by atoms with van der Waals surface area (Å²) in [6.45, 7) is 1.65. The second kappa shape index (κ2) is 7.52. The molecule has 7 heteroatoms. The Morgan fingerprint density at radius 1 is 1.22 bits per heavy atom. The van der Waals surface area contributed by atoms with Crippen LogP contribution in [0.25, 0.3) is 10.9 Å². The van der Waals surface area contributed by atoms with Crippen molar-refractivity contribution < 1.29 is 4.79 Å². The van der Waals surface area contributed by atoms with Gasteiger partial charge in [-0.05, 0) is 48.4 Å². The lowest BCUT2D eigenvalue weighted by Crippen LogP contribution is -2.50. The van der Waals surface area contributed by atoms with Gasteiger partial charge < -0.3 is 16.0 Å². The Bertz CT molecular complexity index is 1000. The van der Waals surface area contributed by atoms with E-state index in [1.54, 1.807) is 18.2 Å². The van der Waals surface area contributed by atoms with Crippen molar-refractivity contribution in [2.45, 2.75) is 19.0 Å². The molecule has 1 aromatic heterocycles. The first-order valence-corrected chi connectivity index (χ1v) is 9.60. The highest BCUT2D eigenvalue weighted by Crippen LogP contribution is 2.30. The van der Waals surface area contributed by atoms with Crippen LogP contribution in [0.5, 0.6) is 0 Å². The van der Waals surface area contributed by atoms with Crippen molar-refractivity contribution in [1.82, 2.24) is 9.88 Å². The number of aromatic amines is 1. The quantitative estimate of drug-likeness (QED) is 0.621. The Morgan fingerprint density at radius 2 is 2.04 bits per heavy atom. The van der Waals surface area contributed by atoms with Crippen LogP contribution in [0.4, 0.5) is 5.69 Å². The minimum Gasteiger partial charge on any atom is -0.357 e. The van der Waals surface area contributed by atoms with Gasteiger partial charge in [-0.1, -0.05) is 29.3 Å². The number of aromatic nitrogens is 1. The van der Waals surface area contributed by atoms with E-state index in [9.17, 15) is 4.79 Å². The SMILES string of the molecule is NCC(C(=O)Nc1cccc(Cl)c1)N1CCc2c([nH]c3ccc(Cl)cc23)C1. The molecule has 0 aliphatic carbocycles. The van der Waals surface area contributed by atoms with Gasteiger partial charge in [-0.2, -0.15) is 0 Å². The lowest BCUT2D eigenvalue weighted by atomic mass is 10.0. The van der Waals surface area contributed by atoms with Gasteiger partial charge in [0.2, 0.25) is 5.91 Å². The molecule has 0 radical (unpaired) electrons. The van der Waals surface area contributed by atoms with E-state index < -0.39 is 6.04 Å². The third-order valence-corrected chi connectivity index (χ3v) is 5.50. The largest absolute Gasteiger partial charge is 0.357 e. The number of nitrogens with zero attached hydrogens (tertiary/aromatic N) is 1. The number of fused-ring (bicyclic) bond motifs is 3. The Hall–Kier alpha value is -2.05. The van der Waals surface area contributed by atoms with Gasteiger partial charge in [-0.25, -0.2) is 0 Å². The maximum Gasteiger partial charge on any atom is 0.243 e. The summed E-state index contributed by atoms with van der Waals surface area (Å²) in [6.07, 6.45) is 0.844. The summed E-state index contributed by atoms with van der Waals surface area (Å²) in [5.74, 6) is -0.123. The third-order valence-electron chi connectivity index (χ3n) is 5.03. The van der Waals surface area contributed by atoms with E-state index in [0.717, 1.165) is 34.6 Å². The van der Waals surface area contributed by atoms with Gasteiger partial charge >= 0.3 is 0 Å². The molecule has 1 atom stereocenters. The van der Waals surface area contributed by atoms with E-state index >= 15 is 0 Å². The molecule has 4 rings (SSSR count). The Morgan fingerprint density at radius 3 is 2.81 bits per heavy atom. The number of halogens is 2. The number of carbonyl (C=O) groups is 1. The molecule has 1 aliphatic rings. The molecule has 3 aromatic rings. The molecule has 140 valence electrons. The molecule has 27 heavy (non-hydrogen) atoms. The predicted octanol–water partition coefficient (Wildman–Crippen LogP) is 3.80. The van der Waals surface area contributed by atoms with Crippen LogP contribution in [0, 0.1) is 0 Å². The Labute approximate surface area is 167 Å². The zero-order valence-electron chi connectivity index (χ0n) is 14.6. The minimum atomic E-state index is -0.410. The molecule has 0 fully saturated rings. The normalized spacial score (nSPS) is 15.5. The van der Waals surface area contributed by atoms with Crippen LogP contribution < -0.4 is 11.1 Å². The van der Waals surface area contributed by atoms with Crippen LogP contribution in [0.15, 0.2) is 42.5 Å². The Kier molecular flexibility index (Phi) is 5.10. The fourth-order valence-corrected chi connectivity index (χ4v) is 4.08. The van der Waals surface area contributed by atoms with Crippen molar-refractivity contribution in [2.75, 3.05) is 18.4 Å². The van der Waals surface area contributed by atoms with Crippen molar-refractivity contribution in [3.8, 4) is 0 Å². The first-order valence-electron chi connectivity index (χ1n) is 8.84. The maximum atomic E-state index is 12.8. The van der Waals surface area contributed by atoms with Gasteiger partial charge in [-0.3, -0.25) is 9.69 Å². The first kappa shape index (κ1) is 18.3. The molecule has 4 N–H and O–H groups in total. The molecule has 2 aromatic carbocycles. The number of carbonyl (C=O) groups excluding carboxylic acids is 1. The van der Waals surface area contributed by atoms with Crippen LogP contribution >= 0.6 is 23.2 Å². The van der Waals surface area contributed by atoms with Gasteiger partial charge in [-0.15, -0.1) is 0 Å². The van der Waals surface area contributed by atoms with Crippen LogP contribution in [0.3, 0.4) is 0 Å². The molecule has 0 saturated carbocycles. The number of rotatable bonds is 4. The topological polar surface area (TPSA) is 74.2 Å². The fraction of sp³-hybridized carbons (Fsp3) is 0.250. The van der Waals surface area contributed by atoms with Crippen molar-refractivity contribution in [1.29, 1.82) is 0 Å². The number of hydrogen-bond acceptors (Lipinski definition) is 3. The summed E-state index contributed by atoms with van der Waals surface area (Å²) in [6, 6.07) is 12.6. The standard InChI is InChI=1S/C20H20Cl2N4O/c21-12-2-1-3-14(8-12)24-20(27)19(10-23)26-7-6-15-16-9-13(22)4-5-17(16)25-18(15)11-26/h1-5,8-9,19,25H,6-7,10-11,23H2,(H,24,27). The lowest BCUT2D eigenvalue weighted by molar-refractivity contribution is -0.121. The number of nitrogens with two attached hydrogens (primary N) is 1. The summed E-state index contributed by atoms with van der Waals surface area (Å²) < 4.78 is 0. The number of benzene rings is 2. The van der Waals surface area contributed by atoms with Crippen LogP contribution in [0.2, 0.25) is 10.0 Å². The summed E-state index contributed by atoms with van der Waals surface area (Å²) >= 11 is 12.1. The number of anilines is 1. The highest BCUT2D eigenvalue weighted by atomic mass is 35.5. The number of nitrogens with one attached hydrogen (secondary N) is 2. The molecule has 0 spiro atoms. The number of amides is 1. The van der Waals surface area contributed by atoms with E-state index in [4.69, 9.17) is 28.9 Å². The summed E-state index contributed by atoms with van der Waals surface area (Å²) in [5.41, 5.74) is 10.1. The van der Waals surface area contributed by atoms with E-state index in [0.29, 0.717) is 17.3 Å². The number of hydrogen-bond donors (Lipinski definition) is 3. The van der Waals surface area contributed by atoms with E-state index in [-0.39, 0.29) is 12.5 Å². The van der Waals surface area contributed by atoms with Gasteiger partial charge in [0.15, 0.2) is 0 Å². The number of H-pyrrole nitrogens is 1. The van der Waals surface area contributed by atoms with Gasteiger partial charge in [0.1, 0.15) is 6.04 Å². The van der Waals surface area contributed by atoms with Gasteiger partial charge in [0.05, 0.1) is 0 Å². The summed E-state index contributed by atoms with van der Waals surface area (Å²) in [5, 5.41) is 5.38. The average molecular weight is 403 g/mol. The van der Waals surface area contributed by atoms with Crippen molar-refractivity contribution in [3.63, 3.8) is 0 Å². The molecule has 1 amide bonds. The minimum absolute atomic E-state index is 0.123. The molecular weight excluding hydrogens is 383 g/mol. The molecule has 2 heterocycles. The second-order valence-electron chi connectivity index (χ2n) is 6.74. The molecule has 1 aliphatic heterocycles. The molecule has 1 unspecified atom stereocenters. The molecule has 0 bridgehead atoms. The maximum absolute atomic E-state index is 12.8. The predicted molar refractivity (Wildman–Crippen MR) is 110 cm³/mol. The Balaban J connectivity index is 1.54. The molecular formula is C20H20Cl2N4O. The van der Waals surface area contributed by atoms with Gasteiger partial charge in [0, 0.05) is 52.0 Å². The van der Waals surface area contributed by atoms with E-state index in [1.807, 2.05) is 24.3 Å². The zero-order chi connectivity index (χ0) is 19.0. The highest BCUT2D eigenvalue weighted by molar-refractivity contribution is 6.31. The highest BCUT2D eigenvalue weighted by Gasteiger charge is 2.29. The van der Waals surface area contributed by atoms with E-state index in [2.05, 4.69) is 15.2 Å². The van der Waals surface area contributed by atoms with Gasteiger partial charge in [0.25, 0.3) is 0 Å². The molecule has 5 nitrogen and oxygen atoms in total. The second-order valence-corrected chi connectivity index (χ2v) is 7.62. The van der Waals surface area contributed by atoms with Crippen molar-refractivity contribution >= 4 is 45.7 Å². The van der Waals surface area contributed by atoms with Crippen molar-refractivity contribution in [2.24, 2.45) is 5.73 Å². The van der Waals surface area contributed by atoms with Crippen molar-refractivity contribution in [3.05, 3.63) is 63.8 Å². The average Bonchev–Trinajstić information content (AvgIpc) is 2.99. The fourth-order valence-electron chi connectivity index (χ4n) is 3.71. The van der Waals surface area contributed by atoms with E-state index in [1.165, 1.54) is 5.56 Å². The van der Waals surface area contributed by atoms with Crippen LogP contribution in [-0.2, 0) is 17.8 Å². The first-order chi connectivity index (χ1) is 13.0. The van der Waals surface area contributed by atoms with Crippen LogP contribution in [-0.4, -0.2) is 34.9 Å². The zero-order valence-corrected chi connectivity index (χ0v) is 16.1.